The maximum absolute atomic E-state index is 12.7. The van der Waals surface area contributed by atoms with Crippen LogP contribution in [0.3, 0.4) is 0 Å². The fourth-order valence-corrected chi connectivity index (χ4v) is 3.63. The van der Waals surface area contributed by atoms with Crippen LogP contribution in [0.2, 0.25) is 0 Å². The van der Waals surface area contributed by atoms with Gasteiger partial charge in [0.25, 0.3) is 0 Å². The van der Waals surface area contributed by atoms with Crippen molar-refractivity contribution in [3.8, 4) is 0 Å². The molecule has 5 nitrogen and oxygen atoms in total. The molecule has 0 aromatic heterocycles. The normalized spacial score (nSPS) is 39.2. The molecule has 0 unspecified atom stereocenters. The molecule has 1 amide bonds. The number of fused-ring (bicyclic) bond motifs is 1. The molecule has 3 aliphatic heterocycles. The fourth-order valence-electron chi connectivity index (χ4n) is 3.63. The van der Waals surface area contributed by atoms with Gasteiger partial charge >= 0.3 is 5.97 Å². The van der Waals surface area contributed by atoms with Crippen LogP contribution in [0.4, 0.5) is 0 Å². The molecule has 20 heavy (non-hydrogen) atoms. The molecule has 0 radical (unpaired) electrons. The molecule has 0 aromatic carbocycles. The monoisotopic (exact) mass is 279 g/mol. The number of nitrogens with zero attached hydrogens (tertiary/aromatic N) is 1. The van der Waals surface area contributed by atoms with E-state index in [1.807, 2.05) is 24.0 Å². The Hall–Kier alpha value is -1.36. The largest absolute Gasteiger partial charge is 0.466 e. The summed E-state index contributed by atoms with van der Waals surface area (Å²) in [5, 5.41) is 0. The van der Waals surface area contributed by atoms with Gasteiger partial charge in [-0.15, -0.1) is 0 Å². The van der Waals surface area contributed by atoms with Crippen molar-refractivity contribution in [2.45, 2.75) is 44.9 Å². The molecule has 0 N–H and O–H groups in total. The van der Waals surface area contributed by atoms with E-state index in [0.29, 0.717) is 13.2 Å². The Morgan fingerprint density at radius 1 is 1.60 bits per heavy atom. The number of hydrogen-bond donors (Lipinski definition) is 0. The molecule has 5 heteroatoms. The number of esters is 1. The zero-order valence-electron chi connectivity index (χ0n) is 12.2. The predicted octanol–water partition coefficient (Wildman–Crippen LogP) is 1.13. The average molecular weight is 279 g/mol. The van der Waals surface area contributed by atoms with Crippen LogP contribution in [-0.4, -0.2) is 47.7 Å². The lowest BCUT2D eigenvalue weighted by molar-refractivity contribution is -0.153. The van der Waals surface area contributed by atoms with E-state index in [4.69, 9.17) is 9.47 Å². The lowest BCUT2D eigenvalue weighted by Gasteiger charge is -2.26. The molecule has 0 saturated carbocycles. The van der Waals surface area contributed by atoms with Crippen LogP contribution in [-0.2, 0) is 19.1 Å². The highest BCUT2D eigenvalue weighted by atomic mass is 16.6. The summed E-state index contributed by atoms with van der Waals surface area (Å²) in [5.74, 6) is -1.18. The molecule has 1 spiro atoms. The van der Waals surface area contributed by atoms with Crippen molar-refractivity contribution in [3.05, 3.63) is 12.2 Å². The second kappa shape index (κ2) is 4.58. The van der Waals surface area contributed by atoms with E-state index in [0.717, 1.165) is 6.42 Å². The van der Waals surface area contributed by atoms with Gasteiger partial charge in [-0.2, -0.15) is 0 Å². The van der Waals surface area contributed by atoms with Gasteiger partial charge in [0.1, 0.15) is 11.5 Å². The molecule has 2 fully saturated rings. The maximum atomic E-state index is 12.7. The number of amides is 1. The van der Waals surface area contributed by atoms with Gasteiger partial charge in [-0.3, -0.25) is 9.59 Å². The fraction of sp³-hybridized carbons (Fsp3) is 0.733. The Balaban J connectivity index is 1.90. The number of carbonyl (C=O) groups is 2. The molecule has 0 aliphatic carbocycles. The van der Waals surface area contributed by atoms with Crippen LogP contribution in [0, 0.1) is 11.8 Å². The first kappa shape index (κ1) is 13.6. The minimum absolute atomic E-state index is 0.0317. The van der Waals surface area contributed by atoms with E-state index < -0.39 is 17.4 Å². The summed E-state index contributed by atoms with van der Waals surface area (Å²) in [4.78, 5) is 26.7. The van der Waals surface area contributed by atoms with Gasteiger partial charge in [0.2, 0.25) is 5.91 Å². The number of likely N-dealkylation sites (tertiary alicyclic amines) is 1. The first-order chi connectivity index (χ1) is 9.54. The Kier molecular flexibility index (Phi) is 3.12. The summed E-state index contributed by atoms with van der Waals surface area (Å²) in [7, 11) is 0. The smallest absolute Gasteiger partial charge is 0.312 e. The summed E-state index contributed by atoms with van der Waals surface area (Å²) in [6.07, 6.45) is 4.47. The van der Waals surface area contributed by atoms with Crippen LogP contribution in [0.1, 0.15) is 27.2 Å². The van der Waals surface area contributed by atoms with Gasteiger partial charge in [0.05, 0.1) is 25.2 Å². The third-order valence-corrected chi connectivity index (χ3v) is 4.81. The average Bonchev–Trinajstić information content (AvgIpc) is 3.06. The lowest BCUT2D eigenvalue weighted by Crippen LogP contribution is -2.41. The van der Waals surface area contributed by atoms with Crippen molar-refractivity contribution in [1.29, 1.82) is 0 Å². The van der Waals surface area contributed by atoms with Crippen LogP contribution in [0.15, 0.2) is 12.2 Å². The minimum Gasteiger partial charge on any atom is -0.466 e. The highest BCUT2D eigenvalue weighted by Gasteiger charge is 2.67. The molecule has 2 saturated heterocycles. The number of rotatable bonds is 4. The van der Waals surface area contributed by atoms with Crippen LogP contribution in [0.5, 0.6) is 0 Å². The quantitative estimate of drug-likeness (QED) is 0.572. The van der Waals surface area contributed by atoms with E-state index in [9.17, 15) is 9.59 Å². The van der Waals surface area contributed by atoms with E-state index in [1.54, 1.807) is 6.92 Å². The molecule has 2 bridgehead atoms. The Morgan fingerprint density at radius 2 is 2.35 bits per heavy atom. The highest BCUT2D eigenvalue weighted by molar-refractivity contribution is 5.91. The summed E-state index contributed by atoms with van der Waals surface area (Å²) < 4.78 is 11.1. The molecule has 110 valence electrons. The molecule has 5 atom stereocenters. The molecule has 3 aliphatic rings. The zero-order chi connectivity index (χ0) is 14.5. The zero-order valence-corrected chi connectivity index (χ0v) is 12.2. The summed E-state index contributed by atoms with van der Waals surface area (Å²) in [6.45, 7) is 6.74. The summed E-state index contributed by atoms with van der Waals surface area (Å²) in [6, 6.07) is 0.168. The number of ether oxygens (including phenoxy) is 2. The number of hydrogen-bond acceptors (Lipinski definition) is 4. The van der Waals surface area contributed by atoms with Gasteiger partial charge in [0.15, 0.2) is 0 Å². The minimum atomic E-state index is -0.609. The molecular formula is C15H21NO4. The van der Waals surface area contributed by atoms with E-state index in [-0.39, 0.29) is 24.0 Å². The van der Waals surface area contributed by atoms with Crippen molar-refractivity contribution in [2.75, 3.05) is 13.2 Å². The molecular weight excluding hydrogens is 258 g/mol. The van der Waals surface area contributed by atoms with Crippen molar-refractivity contribution >= 4 is 11.9 Å². The van der Waals surface area contributed by atoms with E-state index >= 15 is 0 Å². The van der Waals surface area contributed by atoms with Crippen molar-refractivity contribution in [2.24, 2.45) is 11.8 Å². The van der Waals surface area contributed by atoms with Crippen molar-refractivity contribution in [1.82, 2.24) is 4.90 Å². The predicted molar refractivity (Wildman–Crippen MR) is 71.8 cm³/mol. The summed E-state index contributed by atoms with van der Waals surface area (Å²) in [5.41, 5.74) is -0.609. The van der Waals surface area contributed by atoms with Gasteiger partial charge in [-0.1, -0.05) is 19.1 Å². The van der Waals surface area contributed by atoms with Gasteiger partial charge < -0.3 is 14.4 Å². The standard InChI is InChI=1S/C15H21NO4/c1-4-9(3)16-8-15-7-6-10(20-15)11(12(15)13(16)17)14(18)19-5-2/h6-7,9-12H,4-5,8H2,1-3H3/t9-,10-,11+,12+,15-/m1/s1. The van der Waals surface area contributed by atoms with Gasteiger partial charge in [0, 0.05) is 6.04 Å². The third-order valence-electron chi connectivity index (χ3n) is 4.81. The highest BCUT2D eigenvalue weighted by Crippen LogP contribution is 2.52. The Morgan fingerprint density at radius 3 is 3.00 bits per heavy atom. The number of carbonyl (C=O) groups excluding carboxylic acids is 2. The molecule has 0 aromatic rings. The first-order valence-electron chi connectivity index (χ1n) is 7.38. The molecule has 3 rings (SSSR count). The van der Waals surface area contributed by atoms with Crippen LogP contribution in [0.25, 0.3) is 0 Å². The maximum Gasteiger partial charge on any atom is 0.312 e. The van der Waals surface area contributed by atoms with Gasteiger partial charge in [-0.05, 0) is 20.3 Å². The van der Waals surface area contributed by atoms with E-state index in [1.165, 1.54) is 0 Å². The van der Waals surface area contributed by atoms with Crippen LogP contribution < -0.4 is 0 Å². The van der Waals surface area contributed by atoms with Crippen molar-refractivity contribution < 1.29 is 19.1 Å². The van der Waals surface area contributed by atoms with E-state index in [2.05, 4.69) is 6.92 Å². The lowest BCUT2D eigenvalue weighted by atomic mass is 9.77. The first-order valence-corrected chi connectivity index (χ1v) is 7.38. The second-order valence-electron chi connectivity index (χ2n) is 5.88. The summed E-state index contributed by atoms with van der Waals surface area (Å²) >= 11 is 0. The van der Waals surface area contributed by atoms with Gasteiger partial charge in [-0.25, -0.2) is 0 Å². The Labute approximate surface area is 118 Å². The third kappa shape index (κ3) is 1.65. The topological polar surface area (TPSA) is 55.8 Å². The Bertz CT molecular complexity index is 474. The second-order valence-corrected chi connectivity index (χ2v) is 5.88. The molecule has 3 heterocycles. The van der Waals surface area contributed by atoms with Crippen LogP contribution >= 0.6 is 0 Å². The SMILES string of the molecule is CCOC(=O)[C@@H]1[C@H]2C(=O)N([C@H](C)CC)C[C@]23C=C[C@H]1O3. The van der Waals surface area contributed by atoms with Crippen molar-refractivity contribution in [3.63, 3.8) is 0 Å².